The SMILES string of the molecule is CC(C)CN(CC(F)F)[C@H](CN)C(=O)Nc1ccc(N2CCOCC2=O)cc1C(F)F. The Hall–Kier alpha value is -2.24. The Morgan fingerprint density at radius 2 is 1.97 bits per heavy atom. The third-order valence-corrected chi connectivity index (χ3v) is 4.76. The molecule has 1 atom stereocenters. The Bertz CT molecular complexity index is 754. The summed E-state index contributed by atoms with van der Waals surface area (Å²) in [6.07, 6.45) is -5.61. The molecule has 3 N–H and O–H groups in total. The largest absolute Gasteiger partial charge is 0.370 e. The van der Waals surface area contributed by atoms with E-state index >= 15 is 0 Å². The number of ether oxygens (including phenoxy) is 1. The molecule has 1 aliphatic heterocycles. The summed E-state index contributed by atoms with van der Waals surface area (Å²) in [7, 11) is 0. The van der Waals surface area contributed by atoms with Crippen LogP contribution in [0, 0.1) is 5.92 Å². The molecule has 0 aliphatic carbocycles. The molecule has 0 bridgehead atoms. The number of hydrogen-bond acceptors (Lipinski definition) is 5. The molecule has 1 heterocycles. The molecule has 7 nitrogen and oxygen atoms in total. The maximum Gasteiger partial charge on any atom is 0.265 e. The van der Waals surface area contributed by atoms with Crippen LogP contribution in [0.25, 0.3) is 0 Å². The Morgan fingerprint density at radius 1 is 1.26 bits per heavy atom. The van der Waals surface area contributed by atoms with Crippen LogP contribution in [-0.2, 0) is 14.3 Å². The average Bonchev–Trinajstić information content (AvgIpc) is 2.68. The van der Waals surface area contributed by atoms with Crippen molar-refractivity contribution in [2.24, 2.45) is 11.7 Å². The molecule has 1 aromatic rings. The highest BCUT2D eigenvalue weighted by molar-refractivity contribution is 5.97. The third kappa shape index (κ3) is 6.88. The van der Waals surface area contributed by atoms with E-state index < -0.39 is 36.9 Å². The molecular weight excluding hydrogens is 420 g/mol. The Balaban J connectivity index is 2.26. The summed E-state index contributed by atoms with van der Waals surface area (Å²) in [4.78, 5) is 27.3. The number of carbonyl (C=O) groups is 2. The van der Waals surface area contributed by atoms with Gasteiger partial charge in [0, 0.05) is 36.6 Å². The molecule has 1 aliphatic rings. The average molecular weight is 448 g/mol. The van der Waals surface area contributed by atoms with E-state index in [-0.39, 0.29) is 56.0 Å². The van der Waals surface area contributed by atoms with Gasteiger partial charge in [-0.05, 0) is 24.1 Å². The van der Waals surface area contributed by atoms with Gasteiger partial charge >= 0.3 is 0 Å². The van der Waals surface area contributed by atoms with Crippen molar-refractivity contribution < 1.29 is 31.9 Å². The van der Waals surface area contributed by atoms with Crippen LogP contribution in [-0.4, -0.2) is 68.6 Å². The second-order valence-corrected chi connectivity index (χ2v) is 7.65. The smallest absolute Gasteiger partial charge is 0.265 e. The molecular formula is C20H28F4N4O3. The van der Waals surface area contributed by atoms with Crippen molar-refractivity contribution in [3.05, 3.63) is 23.8 Å². The second kappa shape index (κ2) is 11.4. The van der Waals surface area contributed by atoms with Gasteiger partial charge in [0.2, 0.25) is 5.91 Å². The standard InChI is InChI=1S/C20H28F4N4O3/c1-12(2)9-27(10-17(21)22)16(8-25)20(30)26-15-4-3-13(7-14(15)19(23)24)28-5-6-31-11-18(28)29/h3-4,7,12,16-17,19H,5-6,8-11,25H2,1-2H3,(H,26,30)/t16-/m1/s1. The predicted molar refractivity (Wildman–Crippen MR) is 108 cm³/mol. The lowest BCUT2D eigenvalue weighted by atomic mass is 10.1. The molecule has 1 fully saturated rings. The highest BCUT2D eigenvalue weighted by Gasteiger charge is 2.29. The molecule has 0 radical (unpaired) electrons. The van der Waals surface area contributed by atoms with Crippen molar-refractivity contribution >= 4 is 23.2 Å². The number of rotatable bonds is 10. The number of morpholine rings is 1. The summed E-state index contributed by atoms with van der Waals surface area (Å²) in [5.41, 5.74) is 5.28. The van der Waals surface area contributed by atoms with E-state index in [0.29, 0.717) is 0 Å². The summed E-state index contributed by atoms with van der Waals surface area (Å²) >= 11 is 0. The first-order valence-corrected chi connectivity index (χ1v) is 9.97. The van der Waals surface area contributed by atoms with Gasteiger partial charge in [0.1, 0.15) is 12.6 Å². The van der Waals surface area contributed by atoms with Crippen LogP contribution in [0.5, 0.6) is 0 Å². The Kier molecular flexibility index (Phi) is 9.20. The van der Waals surface area contributed by atoms with Crippen molar-refractivity contribution in [2.45, 2.75) is 32.7 Å². The lowest BCUT2D eigenvalue weighted by molar-refractivity contribution is -0.125. The minimum Gasteiger partial charge on any atom is -0.370 e. The van der Waals surface area contributed by atoms with Gasteiger partial charge in [-0.1, -0.05) is 13.8 Å². The monoisotopic (exact) mass is 448 g/mol. The fraction of sp³-hybridized carbons (Fsp3) is 0.600. The van der Waals surface area contributed by atoms with E-state index in [1.165, 1.54) is 21.9 Å². The van der Waals surface area contributed by atoms with Crippen LogP contribution < -0.4 is 16.0 Å². The van der Waals surface area contributed by atoms with E-state index in [0.717, 1.165) is 6.07 Å². The quantitative estimate of drug-likeness (QED) is 0.537. The van der Waals surface area contributed by atoms with Crippen LogP contribution in [0.1, 0.15) is 25.8 Å². The van der Waals surface area contributed by atoms with Crippen molar-refractivity contribution in [3.8, 4) is 0 Å². The van der Waals surface area contributed by atoms with Gasteiger partial charge in [0.05, 0.1) is 13.2 Å². The number of amides is 2. The molecule has 0 saturated carbocycles. The van der Waals surface area contributed by atoms with Crippen molar-refractivity contribution in [1.29, 1.82) is 0 Å². The molecule has 2 rings (SSSR count). The Labute approximate surface area is 178 Å². The maximum absolute atomic E-state index is 13.7. The first kappa shape index (κ1) is 25.0. The minimum atomic E-state index is -2.93. The molecule has 0 aromatic heterocycles. The van der Waals surface area contributed by atoms with E-state index in [1.54, 1.807) is 0 Å². The fourth-order valence-corrected chi connectivity index (χ4v) is 3.42. The van der Waals surface area contributed by atoms with Crippen LogP contribution in [0.3, 0.4) is 0 Å². The van der Waals surface area contributed by atoms with Crippen LogP contribution >= 0.6 is 0 Å². The van der Waals surface area contributed by atoms with Gasteiger partial charge in [-0.3, -0.25) is 14.5 Å². The lowest BCUT2D eigenvalue weighted by Gasteiger charge is -2.31. The van der Waals surface area contributed by atoms with Gasteiger partial charge < -0.3 is 20.7 Å². The molecule has 174 valence electrons. The van der Waals surface area contributed by atoms with Crippen molar-refractivity contribution in [3.63, 3.8) is 0 Å². The number of hydrogen-bond donors (Lipinski definition) is 2. The zero-order chi connectivity index (χ0) is 23.1. The number of carbonyl (C=O) groups excluding carboxylic acids is 2. The number of benzene rings is 1. The maximum atomic E-state index is 13.7. The molecule has 11 heteroatoms. The number of halogens is 4. The normalized spacial score (nSPS) is 16.0. The minimum absolute atomic E-state index is 0.0115. The Morgan fingerprint density at radius 3 is 2.52 bits per heavy atom. The third-order valence-electron chi connectivity index (χ3n) is 4.76. The van der Waals surface area contributed by atoms with Crippen LogP contribution in [0.4, 0.5) is 28.9 Å². The van der Waals surface area contributed by atoms with Gasteiger partial charge in [-0.25, -0.2) is 17.6 Å². The van der Waals surface area contributed by atoms with E-state index in [2.05, 4.69) is 5.32 Å². The summed E-state index contributed by atoms with van der Waals surface area (Å²) in [6.45, 7) is 3.26. The first-order chi connectivity index (χ1) is 14.6. The fourth-order valence-electron chi connectivity index (χ4n) is 3.42. The first-order valence-electron chi connectivity index (χ1n) is 9.97. The van der Waals surface area contributed by atoms with E-state index in [9.17, 15) is 27.2 Å². The molecule has 1 aromatic carbocycles. The van der Waals surface area contributed by atoms with Gasteiger partial charge in [0.25, 0.3) is 18.8 Å². The summed E-state index contributed by atoms with van der Waals surface area (Å²) in [5.74, 6) is -1.12. The second-order valence-electron chi connectivity index (χ2n) is 7.65. The van der Waals surface area contributed by atoms with E-state index in [1.807, 2.05) is 13.8 Å². The molecule has 2 amide bonds. The van der Waals surface area contributed by atoms with E-state index in [4.69, 9.17) is 10.5 Å². The number of nitrogens with zero attached hydrogens (tertiary/aromatic N) is 2. The number of nitrogens with two attached hydrogens (primary N) is 1. The molecule has 0 unspecified atom stereocenters. The van der Waals surface area contributed by atoms with Gasteiger partial charge in [-0.2, -0.15) is 0 Å². The van der Waals surface area contributed by atoms with Crippen LogP contribution in [0.2, 0.25) is 0 Å². The molecule has 31 heavy (non-hydrogen) atoms. The number of nitrogens with one attached hydrogen (secondary N) is 1. The summed E-state index contributed by atoms with van der Waals surface area (Å²) in [5, 5.41) is 2.40. The topological polar surface area (TPSA) is 87.9 Å². The zero-order valence-electron chi connectivity index (χ0n) is 17.5. The predicted octanol–water partition coefficient (Wildman–Crippen LogP) is 2.48. The lowest BCUT2D eigenvalue weighted by Crippen LogP contribution is -2.51. The molecule has 0 spiro atoms. The van der Waals surface area contributed by atoms with Gasteiger partial charge in [-0.15, -0.1) is 0 Å². The number of alkyl halides is 4. The van der Waals surface area contributed by atoms with Crippen LogP contribution in [0.15, 0.2) is 18.2 Å². The summed E-state index contributed by atoms with van der Waals surface area (Å²) < 4.78 is 58.4. The summed E-state index contributed by atoms with van der Waals surface area (Å²) in [6, 6.07) is 2.73. The van der Waals surface area contributed by atoms with Crippen molar-refractivity contribution in [1.82, 2.24) is 4.90 Å². The van der Waals surface area contributed by atoms with Gasteiger partial charge in [0.15, 0.2) is 0 Å². The highest BCUT2D eigenvalue weighted by atomic mass is 19.3. The zero-order valence-corrected chi connectivity index (χ0v) is 17.5. The molecule has 1 saturated heterocycles. The van der Waals surface area contributed by atoms with Crippen molar-refractivity contribution in [2.75, 3.05) is 49.6 Å². The highest BCUT2D eigenvalue weighted by Crippen LogP contribution is 2.32. The number of anilines is 2.